The smallest absolute Gasteiger partial charge is 0.119 e. The topological polar surface area (TPSA) is 21.3 Å². The van der Waals surface area contributed by atoms with Crippen molar-refractivity contribution in [1.29, 1.82) is 0 Å². The quantitative estimate of drug-likeness (QED) is 0.691. The van der Waals surface area contributed by atoms with Crippen LogP contribution in [0.2, 0.25) is 0 Å². The molecule has 18 heavy (non-hydrogen) atoms. The summed E-state index contributed by atoms with van der Waals surface area (Å²) in [6.07, 6.45) is 3.23. The predicted octanol–water partition coefficient (Wildman–Crippen LogP) is 3.56. The molecular formula is C15H25NOS. The molecule has 0 amide bonds. The SMILES string of the molecule is CSCCCOc1ccc(CNCC(C)C)cc1. The van der Waals surface area contributed by atoms with Crippen LogP contribution in [0.4, 0.5) is 0 Å². The number of rotatable bonds is 9. The molecule has 0 bridgehead atoms. The van der Waals surface area contributed by atoms with Gasteiger partial charge >= 0.3 is 0 Å². The van der Waals surface area contributed by atoms with Crippen LogP contribution in [0, 0.1) is 5.92 Å². The van der Waals surface area contributed by atoms with Crippen LogP contribution in [-0.4, -0.2) is 25.2 Å². The van der Waals surface area contributed by atoms with Gasteiger partial charge in [-0.3, -0.25) is 0 Å². The Bertz CT molecular complexity index is 311. The van der Waals surface area contributed by atoms with Crippen LogP contribution < -0.4 is 10.1 Å². The van der Waals surface area contributed by atoms with Crippen molar-refractivity contribution in [3.8, 4) is 5.75 Å². The summed E-state index contributed by atoms with van der Waals surface area (Å²) in [7, 11) is 0. The largest absolute Gasteiger partial charge is 0.494 e. The lowest BCUT2D eigenvalue weighted by Crippen LogP contribution is -2.18. The third-order valence-electron chi connectivity index (χ3n) is 2.57. The lowest BCUT2D eigenvalue weighted by atomic mass is 10.2. The summed E-state index contributed by atoms with van der Waals surface area (Å²) in [5.74, 6) is 2.84. The summed E-state index contributed by atoms with van der Waals surface area (Å²) in [4.78, 5) is 0. The molecule has 0 radical (unpaired) electrons. The van der Waals surface area contributed by atoms with Gasteiger partial charge in [-0.25, -0.2) is 0 Å². The third-order valence-corrected chi connectivity index (χ3v) is 3.26. The lowest BCUT2D eigenvalue weighted by Gasteiger charge is -2.09. The van der Waals surface area contributed by atoms with Gasteiger partial charge in [0.1, 0.15) is 5.75 Å². The summed E-state index contributed by atoms with van der Waals surface area (Å²) in [6, 6.07) is 8.39. The molecule has 0 aliphatic carbocycles. The zero-order chi connectivity index (χ0) is 13.2. The molecule has 0 aromatic heterocycles. The van der Waals surface area contributed by atoms with E-state index in [-0.39, 0.29) is 0 Å². The first kappa shape index (κ1) is 15.4. The first-order chi connectivity index (χ1) is 8.72. The molecule has 0 aliphatic heterocycles. The molecule has 102 valence electrons. The molecular weight excluding hydrogens is 242 g/mol. The van der Waals surface area contributed by atoms with Gasteiger partial charge in [0, 0.05) is 6.54 Å². The molecule has 3 heteroatoms. The summed E-state index contributed by atoms with van der Waals surface area (Å²) >= 11 is 1.86. The molecule has 0 unspecified atom stereocenters. The van der Waals surface area contributed by atoms with Gasteiger partial charge < -0.3 is 10.1 Å². The van der Waals surface area contributed by atoms with E-state index in [0.717, 1.165) is 37.6 Å². The van der Waals surface area contributed by atoms with E-state index in [0.29, 0.717) is 5.92 Å². The van der Waals surface area contributed by atoms with E-state index >= 15 is 0 Å². The van der Waals surface area contributed by atoms with Gasteiger partial charge in [-0.2, -0.15) is 11.8 Å². The van der Waals surface area contributed by atoms with E-state index in [1.807, 2.05) is 11.8 Å². The number of hydrogen-bond acceptors (Lipinski definition) is 3. The highest BCUT2D eigenvalue weighted by Crippen LogP contribution is 2.12. The fourth-order valence-electron chi connectivity index (χ4n) is 1.60. The Morgan fingerprint density at radius 3 is 2.56 bits per heavy atom. The van der Waals surface area contributed by atoms with Gasteiger partial charge in [-0.05, 0) is 48.6 Å². The second kappa shape index (κ2) is 9.29. The summed E-state index contributed by atoms with van der Waals surface area (Å²) < 4.78 is 5.67. The van der Waals surface area contributed by atoms with Crippen molar-refractivity contribution in [1.82, 2.24) is 5.32 Å². The standard InChI is InChI=1S/C15H25NOS/c1-13(2)11-16-12-14-5-7-15(8-6-14)17-9-4-10-18-3/h5-8,13,16H,4,9-12H2,1-3H3. The van der Waals surface area contributed by atoms with Gasteiger partial charge in [-0.1, -0.05) is 26.0 Å². The van der Waals surface area contributed by atoms with Crippen molar-refractivity contribution in [3.05, 3.63) is 29.8 Å². The van der Waals surface area contributed by atoms with E-state index in [2.05, 4.69) is 49.7 Å². The summed E-state index contributed by atoms with van der Waals surface area (Å²) in [5, 5.41) is 3.44. The van der Waals surface area contributed by atoms with Crippen LogP contribution in [0.5, 0.6) is 5.75 Å². The molecule has 0 heterocycles. The third kappa shape index (κ3) is 6.92. The summed E-state index contributed by atoms with van der Waals surface area (Å²) in [6.45, 7) is 7.25. The molecule has 1 aromatic carbocycles. The Kier molecular flexibility index (Phi) is 7.94. The van der Waals surface area contributed by atoms with Crippen molar-refractivity contribution in [3.63, 3.8) is 0 Å². The molecule has 1 rings (SSSR count). The molecule has 0 fully saturated rings. The van der Waals surface area contributed by atoms with Gasteiger partial charge in [0.2, 0.25) is 0 Å². The Morgan fingerprint density at radius 2 is 1.94 bits per heavy atom. The molecule has 1 aromatic rings. The van der Waals surface area contributed by atoms with Gasteiger partial charge in [0.25, 0.3) is 0 Å². The predicted molar refractivity (Wildman–Crippen MR) is 81.5 cm³/mol. The van der Waals surface area contributed by atoms with Crippen LogP contribution in [0.3, 0.4) is 0 Å². The molecule has 0 spiro atoms. The van der Waals surface area contributed by atoms with Gasteiger partial charge in [0.05, 0.1) is 6.61 Å². The minimum Gasteiger partial charge on any atom is -0.494 e. The van der Waals surface area contributed by atoms with Crippen molar-refractivity contribution in [2.75, 3.05) is 25.2 Å². The minimum atomic E-state index is 0.698. The maximum Gasteiger partial charge on any atom is 0.119 e. The number of benzene rings is 1. The maximum atomic E-state index is 5.67. The van der Waals surface area contributed by atoms with Crippen LogP contribution in [0.25, 0.3) is 0 Å². The molecule has 0 saturated heterocycles. The van der Waals surface area contributed by atoms with Crippen LogP contribution >= 0.6 is 11.8 Å². The number of hydrogen-bond donors (Lipinski definition) is 1. The van der Waals surface area contributed by atoms with Crippen molar-refractivity contribution in [2.45, 2.75) is 26.8 Å². The first-order valence-corrected chi connectivity index (χ1v) is 8.03. The highest BCUT2D eigenvalue weighted by molar-refractivity contribution is 7.98. The second-order valence-corrected chi connectivity index (χ2v) is 5.85. The first-order valence-electron chi connectivity index (χ1n) is 6.63. The number of thioether (sulfide) groups is 1. The monoisotopic (exact) mass is 267 g/mol. The Balaban J connectivity index is 2.24. The highest BCUT2D eigenvalue weighted by Gasteiger charge is 1.97. The van der Waals surface area contributed by atoms with Crippen molar-refractivity contribution >= 4 is 11.8 Å². The van der Waals surface area contributed by atoms with Crippen molar-refractivity contribution in [2.24, 2.45) is 5.92 Å². The van der Waals surface area contributed by atoms with Gasteiger partial charge in [-0.15, -0.1) is 0 Å². The molecule has 0 atom stereocenters. The average Bonchev–Trinajstić information content (AvgIpc) is 2.36. The maximum absolute atomic E-state index is 5.67. The van der Waals surface area contributed by atoms with E-state index in [4.69, 9.17) is 4.74 Å². The highest BCUT2D eigenvalue weighted by atomic mass is 32.2. The fraction of sp³-hybridized carbons (Fsp3) is 0.600. The van der Waals surface area contributed by atoms with Crippen molar-refractivity contribution < 1.29 is 4.74 Å². The van der Waals surface area contributed by atoms with E-state index in [1.54, 1.807) is 0 Å². The molecule has 2 nitrogen and oxygen atoms in total. The Labute approximate surface area is 116 Å². The number of ether oxygens (including phenoxy) is 1. The molecule has 0 saturated carbocycles. The van der Waals surface area contributed by atoms with Gasteiger partial charge in [0.15, 0.2) is 0 Å². The number of nitrogens with one attached hydrogen (secondary N) is 1. The Morgan fingerprint density at radius 1 is 1.22 bits per heavy atom. The average molecular weight is 267 g/mol. The molecule has 0 aliphatic rings. The molecule has 1 N–H and O–H groups in total. The minimum absolute atomic E-state index is 0.698. The van der Waals surface area contributed by atoms with Crippen LogP contribution in [0.15, 0.2) is 24.3 Å². The normalized spacial score (nSPS) is 10.9. The van der Waals surface area contributed by atoms with Crippen LogP contribution in [-0.2, 0) is 6.54 Å². The zero-order valence-corrected chi connectivity index (χ0v) is 12.6. The Hall–Kier alpha value is -0.670. The summed E-state index contributed by atoms with van der Waals surface area (Å²) in [5.41, 5.74) is 1.31. The second-order valence-electron chi connectivity index (χ2n) is 4.86. The van der Waals surface area contributed by atoms with Crippen LogP contribution in [0.1, 0.15) is 25.8 Å². The van der Waals surface area contributed by atoms with E-state index < -0.39 is 0 Å². The van der Waals surface area contributed by atoms with E-state index in [9.17, 15) is 0 Å². The van der Waals surface area contributed by atoms with E-state index in [1.165, 1.54) is 5.56 Å². The fourth-order valence-corrected chi connectivity index (χ4v) is 2.01. The lowest BCUT2D eigenvalue weighted by molar-refractivity contribution is 0.318. The zero-order valence-electron chi connectivity index (χ0n) is 11.7.